The second-order valence-corrected chi connectivity index (χ2v) is 5.45. The zero-order valence-corrected chi connectivity index (χ0v) is 12.0. The average Bonchev–Trinajstić information content (AvgIpc) is 2.49. The number of aryl methyl sites for hydroxylation is 1. The summed E-state index contributed by atoms with van der Waals surface area (Å²) < 4.78 is 13.8. The predicted octanol–water partition coefficient (Wildman–Crippen LogP) is 3.94. The molecule has 0 aliphatic carbocycles. The molecule has 0 spiro atoms. The summed E-state index contributed by atoms with van der Waals surface area (Å²) in [6.45, 7) is 3.36. The van der Waals surface area contributed by atoms with Gasteiger partial charge >= 0.3 is 0 Å². The third kappa shape index (κ3) is 2.41. The van der Waals surface area contributed by atoms with E-state index in [2.05, 4.69) is 4.98 Å². The van der Waals surface area contributed by atoms with Crippen LogP contribution in [0.1, 0.15) is 23.6 Å². The van der Waals surface area contributed by atoms with E-state index in [-0.39, 0.29) is 5.82 Å². The van der Waals surface area contributed by atoms with Crippen LogP contribution < -0.4 is 0 Å². The molecule has 0 bridgehead atoms. The summed E-state index contributed by atoms with van der Waals surface area (Å²) in [6, 6.07) is 14.4. The topological polar surface area (TPSA) is 33.1 Å². The summed E-state index contributed by atoms with van der Waals surface area (Å²) in [4.78, 5) is 4.36. The van der Waals surface area contributed by atoms with E-state index in [1.54, 1.807) is 32.2 Å². The summed E-state index contributed by atoms with van der Waals surface area (Å²) in [7, 11) is 0. The van der Waals surface area contributed by atoms with Gasteiger partial charge in [-0.25, -0.2) is 4.39 Å². The van der Waals surface area contributed by atoms with Gasteiger partial charge < -0.3 is 5.11 Å². The van der Waals surface area contributed by atoms with Crippen LogP contribution in [0, 0.1) is 12.7 Å². The third-order valence-electron chi connectivity index (χ3n) is 3.89. The zero-order chi connectivity index (χ0) is 15.0. The molecule has 1 unspecified atom stereocenters. The predicted molar refractivity (Wildman–Crippen MR) is 81.6 cm³/mol. The van der Waals surface area contributed by atoms with Gasteiger partial charge in [-0.15, -0.1) is 0 Å². The van der Waals surface area contributed by atoms with Crippen molar-refractivity contribution in [2.45, 2.75) is 19.4 Å². The quantitative estimate of drug-likeness (QED) is 0.772. The molecular formula is C18H16FNO. The lowest BCUT2D eigenvalue weighted by atomic mass is 9.88. The van der Waals surface area contributed by atoms with Crippen LogP contribution in [0.2, 0.25) is 0 Å². The minimum absolute atomic E-state index is 0.318. The highest BCUT2D eigenvalue weighted by atomic mass is 19.1. The summed E-state index contributed by atoms with van der Waals surface area (Å²) in [5.41, 5.74) is 1.30. The van der Waals surface area contributed by atoms with Gasteiger partial charge in [0.05, 0.1) is 5.52 Å². The molecule has 3 aromatic rings. The average molecular weight is 281 g/mol. The van der Waals surface area contributed by atoms with Gasteiger partial charge in [-0.2, -0.15) is 0 Å². The molecule has 1 atom stereocenters. The molecule has 3 rings (SSSR count). The van der Waals surface area contributed by atoms with E-state index < -0.39 is 5.60 Å². The van der Waals surface area contributed by atoms with Gasteiger partial charge in [0.1, 0.15) is 11.4 Å². The Morgan fingerprint density at radius 2 is 1.81 bits per heavy atom. The first-order chi connectivity index (χ1) is 9.98. The molecule has 0 saturated heterocycles. The molecule has 0 radical (unpaired) electrons. The highest BCUT2D eigenvalue weighted by Crippen LogP contribution is 2.31. The number of hydrogen-bond acceptors (Lipinski definition) is 2. The first-order valence-electron chi connectivity index (χ1n) is 6.83. The van der Waals surface area contributed by atoms with Crippen molar-refractivity contribution in [3.8, 4) is 0 Å². The Hall–Kier alpha value is -2.26. The van der Waals surface area contributed by atoms with Gasteiger partial charge in [-0.3, -0.25) is 4.98 Å². The number of pyridine rings is 1. The zero-order valence-electron chi connectivity index (χ0n) is 12.0. The number of nitrogens with zero attached hydrogens (tertiary/aromatic N) is 1. The molecule has 2 nitrogen and oxygen atoms in total. The van der Waals surface area contributed by atoms with Crippen LogP contribution in [-0.2, 0) is 5.60 Å². The number of halogens is 1. The Morgan fingerprint density at radius 1 is 1.05 bits per heavy atom. The fraction of sp³-hybridized carbons (Fsp3) is 0.167. The van der Waals surface area contributed by atoms with Crippen molar-refractivity contribution in [1.82, 2.24) is 4.98 Å². The summed E-state index contributed by atoms with van der Waals surface area (Å²) in [6.07, 6.45) is 1.64. The third-order valence-corrected chi connectivity index (χ3v) is 3.89. The van der Waals surface area contributed by atoms with Crippen LogP contribution in [0.15, 0.2) is 54.7 Å². The van der Waals surface area contributed by atoms with Gasteiger partial charge in [0.2, 0.25) is 0 Å². The molecule has 0 saturated carbocycles. The fourth-order valence-corrected chi connectivity index (χ4v) is 2.40. The molecule has 3 heteroatoms. The number of aliphatic hydroxyl groups is 1. The first kappa shape index (κ1) is 13.7. The van der Waals surface area contributed by atoms with E-state index >= 15 is 0 Å². The van der Waals surface area contributed by atoms with E-state index in [0.29, 0.717) is 16.7 Å². The van der Waals surface area contributed by atoms with E-state index in [9.17, 15) is 9.50 Å². The second kappa shape index (κ2) is 4.93. The van der Waals surface area contributed by atoms with Gasteiger partial charge in [0.15, 0.2) is 0 Å². The van der Waals surface area contributed by atoms with Crippen LogP contribution in [0.25, 0.3) is 10.9 Å². The van der Waals surface area contributed by atoms with Crippen LogP contribution in [-0.4, -0.2) is 10.1 Å². The second-order valence-electron chi connectivity index (χ2n) is 5.45. The van der Waals surface area contributed by atoms with Crippen LogP contribution in [0.5, 0.6) is 0 Å². The Balaban J connectivity index is 2.12. The van der Waals surface area contributed by atoms with Crippen molar-refractivity contribution in [1.29, 1.82) is 0 Å². The summed E-state index contributed by atoms with van der Waals surface area (Å²) >= 11 is 0. The monoisotopic (exact) mass is 281 g/mol. The maximum Gasteiger partial charge on any atom is 0.126 e. The first-order valence-corrected chi connectivity index (χ1v) is 6.83. The van der Waals surface area contributed by atoms with Crippen molar-refractivity contribution in [2.75, 3.05) is 0 Å². The Labute approximate surface area is 122 Å². The van der Waals surface area contributed by atoms with Gasteiger partial charge in [-0.1, -0.05) is 30.3 Å². The molecule has 21 heavy (non-hydrogen) atoms. The molecular weight excluding hydrogens is 265 g/mol. The van der Waals surface area contributed by atoms with Gasteiger partial charge in [-0.05, 0) is 43.2 Å². The molecule has 0 aliphatic rings. The van der Waals surface area contributed by atoms with Crippen LogP contribution >= 0.6 is 0 Å². The number of rotatable bonds is 2. The lowest BCUT2D eigenvalue weighted by Gasteiger charge is -2.24. The summed E-state index contributed by atoms with van der Waals surface area (Å²) in [5.74, 6) is -0.318. The maximum absolute atomic E-state index is 13.8. The minimum Gasteiger partial charge on any atom is -0.381 e. The van der Waals surface area contributed by atoms with E-state index in [0.717, 1.165) is 10.9 Å². The molecule has 0 fully saturated rings. The number of benzene rings is 2. The number of aromatic nitrogens is 1. The lowest BCUT2D eigenvalue weighted by molar-refractivity contribution is 0.102. The Bertz CT molecular complexity index is 811. The molecule has 0 amide bonds. The molecule has 1 N–H and O–H groups in total. The highest BCUT2D eigenvalue weighted by Gasteiger charge is 2.27. The van der Waals surface area contributed by atoms with Gasteiger partial charge in [0, 0.05) is 17.1 Å². The smallest absolute Gasteiger partial charge is 0.126 e. The van der Waals surface area contributed by atoms with Crippen LogP contribution in [0.4, 0.5) is 4.39 Å². The van der Waals surface area contributed by atoms with Crippen molar-refractivity contribution in [3.63, 3.8) is 0 Å². The fourth-order valence-electron chi connectivity index (χ4n) is 2.40. The number of fused-ring (bicyclic) bond motifs is 1. The molecule has 1 aromatic heterocycles. The maximum atomic E-state index is 13.8. The Kier molecular flexibility index (Phi) is 3.22. The molecule has 0 aliphatic heterocycles. The standard InChI is InChI=1S/C18H16FNO/c1-12-7-8-14(10-16(12)19)18(2,21)15-9-13-5-3-4-6-17(13)20-11-15/h3-11,21H,1-2H3. The minimum atomic E-state index is -1.29. The lowest BCUT2D eigenvalue weighted by Crippen LogP contribution is -2.23. The normalized spacial score (nSPS) is 14.1. The molecule has 1 heterocycles. The molecule has 106 valence electrons. The highest BCUT2D eigenvalue weighted by molar-refractivity contribution is 5.79. The number of para-hydroxylation sites is 1. The van der Waals surface area contributed by atoms with Crippen molar-refractivity contribution in [2.24, 2.45) is 0 Å². The Morgan fingerprint density at radius 3 is 2.57 bits per heavy atom. The van der Waals surface area contributed by atoms with Crippen molar-refractivity contribution < 1.29 is 9.50 Å². The van der Waals surface area contributed by atoms with Crippen molar-refractivity contribution in [3.05, 3.63) is 77.2 Å². The van der Waals surface area contributed by atoms with E-state index in [1.807, 2.05) is 30.3 Å². The van der Waals surface area contributed by atoms with E-state index in [1.165, 1.54) is 6.07 Å². The summed E-state index contributed by atoms with van der Waals surface area (Å²) in [5, 5.41) is 11.8. The number of hydrogen-bond donors (Lipinski definition) is 1. The van der Waals surface area contributed by atoms with E-state index in [4.69, 9.17) is 0 Å². The van der Waals surface area contributed by atoms with Crippen LogP contribution in [0.3, 0.4) is 0 Å². The van der Waals surface area contributed by atoms with Crippen molar-refractivity contribution >= 4 is 10.9 Å². The van der Waals surface area contributed by atoms with Gasteiger partial charge in [0.25, 0.3) is 0 Å². The largest absolute Gasteiger partial charge is 0.381 e. The SMILES string of the molecule is Cc1ccc(C(C)(O)c2cnc3ccccc3c2)cc1F. The molecule has 2 aromatic carbocycles.